The topological polar surface area (TPSA) is 35.5 Å². The SMILES string of the molecule is CCCC(C)(CNC(C)(C)C)CN(CCCO)C(C)C. The predicted octanol–water partition coefficient (Wildman–Crippen LogP) is 3.27. The van der Waals surface area contributed by atoms with Gasteiger partial charge in [0.25, 0.3) is 0 Å². The van der Waals surface area contributed by atoms with Crippen LogP contribution in [0.5, 0.6) is 0 Å². The van der Waals surface area contributed by atoms with Crippen molar-refractivity contribution >= 4 is 0 Å². The van der Waals surface area contributed by atoms with Crippen LogP contribution in [0.15, 0.2) is 0 Å². The summed E-state index contributed by atoms with van der Waals surface area (Å²) in [5.41, 5.74) is 0.463. The number of aliphatic hydroxyl groups is 1. The molecule has 1 unspecified atom stereocenters. The molecule has 2 N–H and O–H groups in total. The van der Waals surface area contributed by atoms with E-state index in [0.29, 0.717) is 11.5 Å². The summed E-state index contributed by atoms with van der Waals surface area (Å²) in [5, 5.41) is 12.7. The van der Waals surface area contributed by atoms with E-state index in [9.17, 15) is 0 Å². The molecule has 0 aromatic rings. The van der Waals surface area contributed by atoms with E-state index in [1.54, 1.807) is 0 Å². The first-order valence-electron chi connectivity index (χ1n) is 8.23. The summed E-state index contributed by atoms with van der Waals surface area (Å²) in [7, 11) is 0. The van der Waals surface area contributed by atoms with Crippen LogP contribution in [0.25, 0.3) is 0 Å². The molecule has 0 aliphatic carbocycles. The first kappa shape index (κ1) is 19.9. The Hall–Kier alpha value is -0.120. The zero-order valence-corrected chi connectivity index (χ0v) is 14.9. The third-order valence-corrected chi connectivity index (χ3v) is 3.82. The monoisotopic (exact) mass is 286 g/mol. The van der Waals surface area contributed by atoms with E-state index in [-0.39, 0.29) is 12.1 Å². The molecule has 0 saturated carbocycles. The minimum atomic E-state index is 0.169. The van der Waals surface area contributed by atoms with Crippen molar-refractivity contribution in [1.29, 1.82) is 0 Å². The molecular formula is C17H38N2O. The van der Waals surface area contributed by atoms with Crippen molar-refractivity contribution in [1.82, 2.24) is 10.2 Å². The van der Waals surface area contributed by atoms with E-state index in [1.807, 2.05) is 0 Å². The molecule has 0 spiro atoms. The summed E-state index contributed by atoms with van der Waals surface area (Å²) in [5.74, 6) is 0. The van der Waals surface area contributed by atoms with Crippen molar-refractivity contribution in [2.24, 2.45) is 5.41 Å². The fraction of sp³-hybridized carbons (Fsp3) is 1.00. The average molecular weight is 287 g/mol. The maximum atomic E-state index is 9.07. The number of rotatable bonds is 10. The van der Waals surface area contributed by atoms with Crippen molar-refractivity contribution in [3.05, 3.63) is 0 Å². The molecule has 0 rings (SSSR count). The summed E-state index contributed by atoms with van der Waals surface area (Å²) >= 11 is 0. The summed E-state index contributed by atoms with van der Waals surface area (Å²) in [6.45, 7) is 19.3. The molecule has 0 bridgehead atoms. The summed E-state index contributed by atoms with van der Waals surface area (Å²) in [6, 6.07) is 0.535. The number of nitrogens with zero attached hydrogens (tertiary/aromatic N) is 1. The van der Waals surface area contributed by atoms with Crippen molar-refractivity contribution in [3.8, 4) is 0 Å². The smallest absolute Gasteiger partial charge is 0.0443 e. The Balaban J connectivity index is 4.67. The van der Waals surface area contributed by atoms with E-state index in [2.05, 4.69) is 58.7 Å². The lowest BCUT2D eigenvalue weighted by Gasteiger charge is -2.39. The maximum absolute atomic E-state index is 9.07. The summed E-state index contributed by atoms with van der Waals surface area (Å²) in [4.78, 5) is 2.51. The van der Waals surface area contributed by atoms with Crippen LogP contribution < -0.4 is 5.32 Å². The Morgan fingerprint density at radius 2 is 1.75 bits per heavy atom. The molecule has 0 amide bonds. The van der Waals surface area contributed by atoms with E-state index in [4.69, 9.17) is 5.11 Å². The molecule has 1 atom stereocenters. The Kier molecular flexibility index (Phi) is 8.96. The van der Waals surface area contributed by atoms with Gasteiger partial charge in [0.1, 0.15) is 0 Å². The predicted molar refractivity (Wildman–Crippen MR) is 89.2 cm³/mol. The lowest BCUT2D eigenvalue weighted by atomic mass is 9.83. The number of hydrogen-bond donors (Lipinski definition) is 2. The quantitative estimate of drug-likeness (QED) is 0.647. The second-order valence-corrected chi connectivity index (χ2v) is 7.81. The third kappa shape index (κ3) is 8.93. The number of hydrogen-bond acceptors (Lipinski definition) is 3. The molecule has 20 heavy (non-hydrogen) atoms. The van der Waals surface area contributed by atoms with Gasteiger partial charge in [-0.15, -0.1) is 0 Å². The molecular weight excluding hydrogens is 248 g/mol. The van der Waals surface area contributed by atoms with Gasteiger partial charge < -0.3 is 15.3 Å². The van der Waals surface area contributed by atoms with Gasteiger partial charge >= 0.3 is 0 Å². The molecule has 0 saturated heterocycles. The van der Waals surface area contributed by atoms with Gasteiger partial charge in [0.2, 0.25) is 0 Å². The van der Waals surface area contributed by atoms with E-state index >= 15 is 0 Å². The van der Waals surface area contributed by atoms with Crippen LogP contribution in [0.4, 0.5) is 0 Å². The fourth-order valence-electron chi connectivity index (χ4n) is 2.59. The molecule has 122 valence electrons. The molecule has 3 heteroatoms. The standard InChI is InChI=1S/C17H38N2O/c1-8-10-17(7,13-18-16(4,5)6)14-19(15(2)3)11-9-12-20/h15,18,20H,8-14H2,1-7H3. The molecule has 3 nitrogen and oxygen atoms in total. The van der Waals surface area contributed by atoms with Crippen LogP contribution in [-0.2, 0) is 0 Å². The van der Waals surface area contributed by atoms with Crippen LogP contribution in [0.1, 0.15) is 67.7 Å². The minimum absolute atomic E-state index is 0.169. The van der Waals surface area contributed by atoms with Crippen LogP contribution in [0.2, 0.25) is 0 Å². The highest BCUT2D eigenvalue weighted by molar-refractivity contribution is 4.85. The summed E-state index contributed by atoms with van der Waals surface area (Å²) < 4.78 is 0. The Bertz CT molecular complexity index is 248. The second-order valence-electron chi connectivity index (χ2n) is 7.81. The molecule has 0 heterocycles. The molecule has 0 aromatic carbocycles. The van der Waals surface area contributed by atoms with Crippen molar-refractivity contribution in [3.63, 3.8) is 0 Å². The van der Waals surface area contributed by atoms with Gasteiger partial charge in [0, 0.05) is 37.8 Å². The Labute approximate surface area is 127 Å². The highest BCUT2D eigenvalue weighted by atomic mass is 16.3. The molecule has 0 fully saturated rings. The number of aliphatic hydroxyl groups excluding tert-OH is 1. The van der Waals surface area contributed by atoms with E-state index < -0.39 is 0 Å². The van der Waals surface area contributed by atoms with Crippen molar-refractivity contribution in [2.75, 3.05) is 26.2 Å². The van der Waals surface area contributed by atoms with Gasteiger partial charge in [-0.1, -0.05) is 20.3 Å². The maximum Gasteiger partial charge on any atom is 0.0443 e. The highest BCUT2D eigenvalue weighted by Gasteiger charge is 2.28. The lowest BCUT2D eigenvalue weighted by molar-refractivity contribution is 0.108. The van der Waals surface area contributed by atoms with Crippen LogP contribution >= 0.6 is 0 Å². The largest absolute Gasteiger partial charge is 0.396 e. The molecule has 0 aliphatic rings. The van der Waals surface area contributed by atoms with Gasteiger partial charge in [0.05, 0.1) is 0 Å². The zero-order valence-electron chi connectivity index (χ0n) is 14.9. The average Bonchev–Trinajstić information content (AvgIpc) is 2.31. The van der Waals surface area contributed by atoms with Crippen LogP contribution in [0, 0.1) is 5.41 Å². The first-order valence-corrected chi connectivity index (χ1v) is 8.23. The van der Waals surface area contributed by atoms with Crippen LogP contribution in [0.3, 0.4) is 0 Å². The first-order chi connectivity index (χ1) is 9.13. The Morgan fingerprint density at radius 1 is 1.15 bits per heavy atom. The van der Waals surface area contributed by atoms with E-state index in [1.165, 1.54) is 12.8 Å². The highest BCUT2D eigenvalue weighted by Crippen LogP contribution is 2.26. The number of nitrogens with one attached hydrogen (secondary N) is 1. The molecule has 0 aromatic heterocycles. The van der Waals surface area contributed by atoms with Gasteiger partial charge in [-0.2, -0.15) is 0 Å². The zero-order chi connectivity index (χ0) is 15.8. The normalized spacial score (nSPS) is 15.9. The van der Waals surface area contributed by atoms with Gasteiger partial charge in [-0.3, -0.25) is 0 Å². The minimum Gasteiger partial charge on any atom is -0.396 e. The van der Waals surface area contributed by atoms with Crippen LogP contribution in [-0.4, -0.2) is 47.8 Å². The lowest BCUT2D eigenvalue weighted by Crippen LogP contribution is -2.49. The summed E-state index contributed by atoms with van der Waals surface area (Å²) in [6.07, 6.45) is 3.32. The van der Waals surface area contributed by atoms with Crippen molar-refractivity contribution < 1.29 is 5.11 Å². The van der Waals surface area contributed by atoms with E-state index in [0.717, 1.165) is 26.1 Å². The third-order valence-electron chi connectivity index (χ3n) is 3.82. The fourth-order valence-corrected chi connectivity index (χ4v) is 2.59. The van der Waals surface area contributed by atoms with Gasteiger partial charge in [-0.25, -0.2) is 0 Å². The van der Waals surface area contributed by atoms with Crippen molar-refractivity contribution in [2.45, 2.75) is 79.3 Å². The van der Waals surface area contributed by atoms with Gasteiger partial charge in [0.15, 0.2) is 0 Å². The Morgan fingerprint density at radius 3 is 2.15 bits per heavy atom. The second kappa shape index (κ2) is 9.01. The molecule has 0 aliphatic heterocycles. The van der Waals surface area contributed by atoms with Gasteiger partial charge in [-0.05, 0) is 52.9 Å². The molecule has 0 radical (unpaired) electrons.